The van der Waals surface area contributed by atoms with Crippen LogP contribution in [0.1, 0.15) is 31.9 Å². The summed E-state index contributed by atoms with van der Waals surface area (Å²) in [7, 11) is 3.01. The van der Waals surface area contributed by atoms with Crippen molar-refractivity contribution < 1.29 is 14.6 Å². The molecule has 4 nitrogen and oxygen atoms in total. The van der Waals surface area contributed by atoms with E-state index in [-0.39, 0.29) is 24.2 Å². The molecule has 0 amide bonds. The number of aromatic hydroxyl groups is 1. The molecule has 0 aliphatic rings. The zero-order chi connectivity index (χ0) is 13.0. The van der Waals surface area contributed by atoms with Crippen LogP contribution in [0.25, 0.3) is 0 Å². The Morgan fingerprint density at radius 3 is 2.00 bits per heavy atom. The predicted octanol–water partition coefficient (Wildman–Crippen LogP) is 2.88. The molecule has 0 saturated carbocycles. The summed E-state index contributed by atoms with van der Waals surface area (Å²) in [5, 5.41) is 9.80. The summed E-state index contributed by atoms with van der Waals surface area (Å²) in [4.78, 5) is 0. The quantitative estimate of drug-likeness (QED) is 0.867. The van der Waals surface area contributed by atoms with Gasteiger partial charge in [-0.2, -0.15) is 0 Å². The molecule has 18 heavy (non-hydrogen) atoms. The van der Waals surface area contributed by atoms with Crippen LogP contribution in [0.4, 0.5) is 0 Å². The second kappa shape index (κ2) is 7.34. The molecule has 0 bridgehead atoms. The molecule has 0 heterocycles. The van der Waals surface area contributed by atoms with E-state index >= 15 is 0 Å². The number of phenols is 1. The molecule has 5 heteroatoms. The highest BCUT2D eigenvalue weighted by atomic mass is 35.5. The van der Waals surface area contributed by atoms with E-state index in [0.717, 1.165) is 12.0 Å². The van der Waals surface area contributed by atoms with Gasteiger partial charge in [0.05, 0.1) is 14.2 Å². The number of hydrogen-bond acceptors (Lipinski definition) is 4. The fourth-order valence-corrected chi connectivity index (χ4v) is 1.69. The van der Waals surface area contributed by atoms with Gasteiger partial charge in [-0.05, 0) is 23.6 Å². The van der Waals surface area contributed by atoms with Crippen LogP contribution in [0.3, 0.4) is 0 Å². The maximum Gasteiger partial charge on any atom is 0.200 e. The summed E-state index contributed by atoms with van der Waals surface area (Å²) in [5.74, 6) is 1.14. The lowest BCUT2D eigenvalue weighted by Crippen LogP contribution is -2.18. The van der Waals surface area contributed by atoms with Crippen molar-refractivity contribution >= 4 is 12.4 Å². The van der Waals surface area contributed by atoms with Crippen LogP contribution in [-0.4, -0.2) is 19.3 Å². The third-order valence-electron chi connectivity index (χ3n) is 3.14. The van der Waals surface area contributed by atoms with Crippen LogP contribution in [0.15, 0.2) is 12.1 Å². The second-order valence-corrected chi connectivity index (χ2v) is 4.19. The van der Waals surface area contributed by atoms with Crippen molar-refractivity contribution in [2.24, 2.45) is 11.7 Å². The number of hydrogen-bond donors (Lipinski definition) is 2. The van der Waals surface area contributed by atoms with Crippen molar-refractivity contribution in [3.05, 3.63) is 17.7 Å². The standard InChI is InChI=1S/C13H21NO3.ClH/c1-5-8(2)12(14)9-6-10(16-3)13(15)11(7-9)17-4;/h6-8,12,15H,5,14H2,1-4H3;1H/t8?,12-;/m1./s1. The molecular weight excluding hydrogens is 254 g/mol. The molecule has 1 unspecified atom stereocenters. The van der Waals surface area contributed by atoms with E-state index in [0.29, 0.717) is 17.4 Å². The Kier molecular flexibility index (Phi) is 6.88. The number of phenolic OH excluding ortho intramolecular Hbond substituents is 1. The van der Waals surface area contributed by atoms with Crippen molar-refractivity contribution in [1.82, 2.24) is 0 Å². The number of nitrogens with two attached hydrogens (primary N) is 1. The SMILES string of the molecule is CCC(C)[C@@H](N)c1cc(OC)c(O)c(OC)c1.Cl. The molecule has 0 aliphatic heterocycles. The Morgan fingerprint density at radius 1 is 1.22 bits per heavy atom. The first-order valence-corrected chi connectivity index (χ1v) is 5.75. The summed E-state index contributed by atoms with van der Waals surface area (Å²) in [6.07, 6.45) is 0.993. The molecule has 0 fully saturated rings. The molecule has 0 spiro atoms. The lowest BCUT2D eigenvalue weighted by atomic mass is 9.93. The smallest absolute Gasteiger partial charge is 0.200 e. The number of ether oxygens (including phenoxy) is 2. The van der Waals surface area contributed by atoms with Crippen molar-refractivity contribution in [1.29, 1.82) is 0 Å². The molecule has 1 aromatic carbocycles. The van der Waals surface area contributed by atoms with Gasteiger partial charge in [-0.25, -0.2) is 0 Å². The third kappa shape index (κ3) is 3.43. The van der Waals surface area contributed by atoms with Crippen LogP contribution in [-0.2, 0) is 0 Å². The van der Waals surface area contributed by atoms with Gasteiger partial charge < -0.3 is 20.3 Å². The molecular formula is C13H22ClNO3. The van der Waals surface area contributed by atoms with Crippen LogP contribution < -0.4 is 15.2 Å². The topological polar surface area (TPSA) is 64.7 Å². The van der Waals surface area contributed by atoms with Gasteiger partial charge in [-0.1, -0.05) is 20.3 Å². The maximum absolute atomic E-state index is 9.80. The Balaban J connectivity index is 0.00000289. The summed E-state index contributed by atoms with van der Waals surface area (Å²) in [5.41, 5.74) is 7.06. The molecule has 2 atom stereocenters. The Labute approximate surface area is 115 Å². The van der Waals surface area contributed by atoms with Crippen LogP contribution >= 0.6 is 12.4 Å². The van der Waals surface area contributed by atoms with Gasteiger partial charge in [0.1, 0.15) is 0 Å². The molecule has 1 aromatic rings. The Hall–Kier alpha value is -1.13. The summed E-state index contributed by atoms with van der Waals surface area (Å²) in [6.45, 7) is 4.19. The van der Waals surface area contributed by atoms with Gasteiger partial charge in [0.15, 0.2) is 11.5 Å². The maximum atomic E-state index is 9.80. The number of halogens is 1. The highest BCUT2D eigenvalue weighted by Crippen LogP contribution is 2.39. The molecule has 104 valence electrons. The van der Waals surface area contributed by atoms with Gasteiger partial charge >= 0.3 is 0 Å². The van der Waals surface area contributed by atoms with Crippen LogP contribution in [0, 0.1) is 5.92 Å². The van der Waals surface area contributed by atoms with E-state index in [9.17, 15) is 5.11 Å². The third-order valence-corrected chi connectivity index (χ3v) is 3.14. The summed E-state index contributed by atoms with van der Waals surface area (Å²) < 4.78 is 10.2. The molecule has 0 saturated heterocycles. The number of methoxy groups -OCH3 is 2. The van der Waals surface area contributed by atoms with E-state index < -0.39 is 0 Å². The fourth-order valence-electron chi connectivity index (χ4n) is 1.69. The highest BCUT2D eigenvalue weighted by Gasteiger charge is 2.18. The van der Waals surface area contributed by atoms with E-state index in [2.05, 4.69) is 13.8 Å². The van der Waals surface area contributed by atoms with Gasteiger partial charge in [0.2, 0.25) is 5.75 Å². The number of benzene rings is 1. The van der Waals surface area contributed by atoms with Gasteiger partial charge in [0, 0.05) is 6.04 Å². The molecule has 0 radical (unpaired) electrons. The molecule has 3 N–H and O–H groups in total. The van der Waals surface area contributed by atoms with Gasteiger partial charge in [-0.3, -0.25) is 0 Å². The molecule has 0 aromatic heterocycles. The first-order valence-electron chi connectivity index (χ1n) is 5.75. The van der Waals surface area contributed by atoms with Gasteiger partial charge in [0.25, 0.3) is 0 Å². The molecule has 1 rings (SSSR count). The van der Waals surface area contributed by atoms with Crippen molar-refractivity contribution in [3.63, 3.8) is 0 Å². The first kappa shape index (κ1) is 16.9. The Bertz CT molecular complexity index is 359. The minimum atomic E-state index is -0.0941. The zero-order valence-corrected chi connectivity index (χ0v) is 12.1. The zero-order valence-electron chi connectivity index (χ0n) is 11.3. The minimum Gasteiger partial charge on any atom is -0.502 e. The van der Waals surface area contributed by atoms with Crippen molar-refractivity contribution in [3.8, 4) is 17.2 Å². The predicted molar refractivity (Wildman–Crippen MR) is 74.8 cm³/mol. The van der Waals surface area contributed by atoms with E-state index in [1.54, 1.807) is 12.1 Å². The normalized spacial score (nSPS) is 13.4. The first-order chi connectivity index (χ1) is 8.04. The average Bonchev–Trinajstić information content (AvgIpc) is 2.37. The molecule has 0 aliphatic carbocycles. The summed E-state index contributed by atoms with van der Waals surface area (Å²) in [6, 6.07) is 3.42. The number of rotatable bonds is 5. The van der Waals surface area contributed by atoms with Crippen molar-refractivity contribution in [2.45, 2.75) is 26.3 Å². The van der Waals surface area contributed by atoms with E-state index in [1.165, 1.54) is 14.2 Å². The average molecular weight is 276 g/mol. The van der Waals surface area contributed by atoms with Crippen molar-refractivity contribution in [2.75, 3.05) is 14.2 Å². The van der Waals surface area contributed by atoms with Crippen LogP contribution in [0.2, 0.25) is 0 Å². The second-order valence-electron chi connectivity index (χ2n) is 4.19. The van der Waals surface area contributed by atoms with Gasteiger partial charge in [-0.15, -0.1) is 12.4 Å². The van der Waals surface area contributed by atoms with E-state index in [1.807, 2.05) is 0 Å². The Morgan fingerprint density at radius 2 is 1.67 bits per heavy atom. The largest absolute Gasteiger partial charge is 0.502 e. The highest BCUT2D eigenvalue weighted by molar-refractivity contribution is 5.85. The fraction of sp³-hybridized carbons (Fsp3) is 0.538. The monoisotopic (exact) mass is 275 g/mol. The lowest BCUT2D eigenvalue weighted by Gasteiger charge is -2.20. The van der Waals surface area contributed by atoms with Crippen LogP contribution in [0.5, 0.6) is 17.2 Å². The van der Waals surface area contributed by atoms with E-state index in [4.69, 9.17) is 15.2 Å². The lowest BCUT2D eigenvalue weighted by molar-refractivity contribution is 0.337. The minimum absolute atomic E-state index is 0. The summed E-state index contributed by atoms with van der Waals surface area (Å²) >= 11 is 0.